The van der Waals surface area contributed by atoms with Gasteiger partial charge in [0, 0.05) is 9.58 Å². The molecule has 0 N–H and O–H groups in total. The van der Waals surface area contributed by atoms with Crippen LogP contribution in [0.2, 0.25) is 16.6 Å². The van der Waals surface area contributed by atoms with Gasteiger partial charge in [-0.3, -0.25) is 0 Å². The van der Waals surface area contributed by atoms with E-state index in [9.17, 15) is 0 Å². The van der Waals surface area contributed by atoms with Crippen LogP contribution in [-0.4, -0.2) is 8.32 Å². The molecule has 2 nitrogen and oxygen atoms in total. The lowest BCUT2D eigenvalue weighted by Gasteiger charge is -2.42. The Bertz CT molecular complexity index is 1190. The van der Waals surface area contributed by atoms with Gasteiger partial charge in [0.05, 0.1) is 0 Å². The quantitative estimate of drug-likeness (QED) is 0.218. The highest BCUT2D eigenvalue weighted by atomic mass is 32.1. The lowest BCUT2D eigenvalue weighted by atomic mass is 10.1. The van der Waals surface area contributed by atoms with E-state index in [1.807, 2.05) is 29.5 Å². The third-order valence-electron chi connectivity index (χ3n) is 6.88. The van der Waals surface area contributed by atoms with E-state index in [1.165, 1.54) is 26.1 Å². The predicted molar refractivity (Wildman–Crippen MR) is 150 cm³/mol. The second kappa shape index (κ2) is 10.4. The van der Waals surface area contributed by atoms with Crippen molar-refractivity contribution in [3.05, 3.63) is 84.4 Å². The third kappa shape index (κ3) is 5.08. The molecule has 1 aromatic heterocycles. The highest BCUT2D eigenvalue weighted by Gasteiger charge is 2.46. The molecular formula is C30H36O2SSi. The summed E-state index contributed by atoms with van der Waals surface area (Å²) in [5, 5.41) is 1.25. The van der Waals surface area contributed by atoms with Gasteiger partial charge in [-0.1, -0.05) is 71.9 Å². The van der Waals surface area contributed by atoms with Crippen LogP contribution in [0, 0.1) is 0 Å². The topological polar surface area (TPSA) is 18.5 Å². The molecule has 3 aromatic carbocycles. The fourth-order valence-corrected chi connectivity index (χ4v) is 11.6. The third-order valence-corrected chi connectivity index (χ3v) is 14.0. The molecule has 0 aliphatic heterocycles. The lowest BCUT2D eigenvalue weighted by Crippen LogP contribution is -2.50. The zero-order valence-electron chi connectivity index (χ0n) is 21.2. The Balaban J connectivity index is 1.52. The largest absolute Gasteiger partial charge is 0.543 e. The minimum atomic E-state index is -1.94. The van der Waals surface area contributed by atoms with Crippen LogP contribution in [0.3, 0.4) is 0 Å². The van der Waals surface area contributed by atoms with Crippen LogP contribution in [0.15, 0.2) is 78.9 Å². The summed E-state index contributed by atoms with van der Waals surface area (Å²) in [6.07, 6.45) is 0. The van der Waals surface area contributed by atoms with E-state index in [-0.39, 0.29) is 0 Å². The molecule has 0 unspecified atom stereocenters. The molecule has 1 heterocycles. The Morgan fingerprint density at radius 3 is 1.94 bits per heavy atom. The van der Waals surface area contributed by atoms with Crippen molar-refractivity contribution in [1.29, 1.82) is 0 Å². The second-order valence-corrected chi connectivity index (χ2v) is 16.5. The molecule has 34 heavy (non-hydrogen) atoms. The highest BCUT2D eigenvalue weighted by molar-refractivity contribution is 7.22. The molecule has 0 bridgehead atoms. The van der Waals surface area contributed by atoms with Gasteiger partial charge in [-0.25, -0.2) is 0 Å². The van der Waals surface area contributed by atoms with Crippen LogP contribution in [0.4, 0.5) is 0 Å². The van der Waals surface area contributed by atoms with Gasteiger partial charge in [0.25, 0.3) is 8.32 Å². The van der Waals surface area contributed by atoms with Crippen LogP contribution >= 0.6 is 11.3 Å². The Morgan fingerprint density at radius 2 is 1.32 bits per heavy atom. The van der Waals surface area contributed by atoms with Gasteiger partial charge in [0.2, 0.25) is 0 Å². The van der Waals surface area contributed by atoms with Gasteiger partial charge < -0.3 is 9.16 Å². The minimum Gasteiger partial charge on any atom is -0.543 e. The minimum absolute atomic E-state index is 0.563. The summed E-state index contributed by atoms with van der Waals surface area (Å²) in [7, 11) is -1.94. The summed E-state index contributed by atoms with van der Waals surface area (Å²) < 4.78 is 14.1. The van der Waals surface area contributed by atoms with Crippen molar-refractivity contribution in [2.24, 2.45) is 0 Å². The van der Waals surface area contributed by atoms with Gasteiger partial charge in [-0.2, -0.15) is 0 Å². The standard InChI is InChI=1S/C30H36O2SSi/c1-21(2)34(22(3)4,23(5)6)32-27-15-12-25(13-16-27)29-18-26-14-17-28(19-30(26)33-29)31-20-24-10-8-7-9-11-24/h7-19,21-23H,20H2,1-6H3. The van der Waals surface area contributed by atoms with E-state index in [0.717, 1.165) is 11.5 Å². The molecular weight excluding hydrogens is 452 g/mol. The first-order chi connectivity index (χ1) is 16.3. The monoisotopic (exact) mass is 488 g/mol. The van der Waals surface area contributed by atoms with E-state index in [4.69, 9.17) is 9.16 Å². The highest BCUT2D eigenvalue weighted by Crippen LogP contribution is 2.43. The molecule has 4 aromatic rings. The maximum atomic E-state index is 6.84. The fourth-order valence-electron chi connectivity index (χ4n) is 5.23. The van der Waals surface area contributed by atoms with Crippen LogP contribution in [0.1, 0.15) is 47.1 Å². The van der Waals surface area contributed by atoms with Gasteiger partial charge in [-0.15, -0.1) is 11.3 Å². The smallest absolute Gasteiger partial charge is 0.258 e. The van der Waals surface area contributed by atoms with Gasteiger partial charge >= 0.3 is 0 Å². The van der Waals surface area contributed by atoms with Crippen LogP contribution in [0.25, 0.3) is 20.5 Å². The first-order valence-corrected chi connectivity index (χ1v) is 15.2. The zero-order valence-corrected chi connectivity index (χ0v) is 23.0. The molecule has 0 fully saturated rings. The molecule has 0 atom stereocenters. The van der Waals surface area contributed by atoms with Crippen molar-refractivity contribution in [3.63, 3.8) is 0 Å². The Kier molecular flexibility index (Phi) is 7.49. The summed E-state index contributed by atoms with van der Waals surface area (Å²) in [6, 6.07) is 27.6. The number of fused-ring (bicyclic) bond motifs is 1. The Hall–Kier alpha value is -2.56. The lowest BCUT2D eigenvalue weighted by molar-refractivity contribution is 0.306. The van der Waals surface area contributed by atoms with Gasteiger partial charge in [0.15, 0.2) is 0 Å². The van der Waals surface area contributed by atoms with Crippen LogP contribution in [-0.2, 0) is 6.61 Å². The summed E-state index contributed by atoms with van der Waals surface area (Å²) >= 11 is 1.81. The first-order valence-electron chi connectivity index (χ1n) is 12.3. The van der Waals surface area contributed by atoms with Crippen molar-refractivity contribution < 1.29 is 9.16 Å². The van der Waals surface area contributed by atoms with E-state index < -0.39 is 8.32 Å². The van der Waals surface area contributed by atoms with Crippen molar-refractivity contribution in [2.75, 3.05) is 0 Å². The van der Waals surface area contributed by atoms with Crippen molar-refractivity contribution in [1.82, 2.24) is 0 Å². The molecule has 178 valence electrons. The number of ether oxygens (including phenoxy) is 1. The predicted octanol–water partition coefficient (Wildman–Crippen LogP) is 9.70. The average molecular weight is 489 g/mol. The number of hydrogen-bond donors (Lipinski definition) is 0. The normalized spacial score (nSPS) is 12.1. The summed E-state index contributed by atoms with van der Waals surface area (Å²) in [6.45, 7) is 14.6. The molecule has 0 radical (unpaired) electrons. The van der Waals surface area contributed by atoms with Crippen molar-refractivity contribution in [3.8, 4) is 21.9 Å². The molecule has 0 amide bonds. The molecule has 4 heteroatoms. The summed E-state index contributed by atoms with van der Waals surface area (Å²) in [5.74, 6) is 1.91. The summed E-state index contributed by atoms with van der Waals surface area (Å²) in [4.78, 5) is 1.27. The molecule has 0 aliphatic rings. The number of benzene rings is 3. The Labute approximate surface area is 209 Å². The van der Waals surface area contributed by atoms with E-state index in [1.54, 1.807) is 0 Å². The molecule has 0 aliphatic carbocycles. The zero-order chi connectivity index (χ0) is 24.3. The van der Waals surface area contributed by atoms with E-state index in [2.05, 4.69) is 102 Å². The van der Waals surface area contributed by atoms with Gasteiger partial charge in [0.1, 0.15) is 18.1 Å². The number of hydrogen-bond acceptors (Lipinski definition) is 3. The fraction of sp³-hybridized carbons (Fsp3) is 0.333. The number of thiophene rings is 1. The van der Waals surface area contributed by atoms with Gasteiger partial charge in [-0.05, 0) is 81.7 Å². The number of rotatable bonds is 9. The van der Waals surface area contributed by atoms with Crippen molar-refractivity contribution in [2.45, 2.75) is 64.8 Å². The maximum Gasteiger partial charge on any atom is 0.258 e. The van der Waals surface area contributed by atoms with Crippen LogP contribution in [0.5, 0.6) is 11.5 Å². The molecule has 0 saturated carbocycles. The molecule has 0 saturated heterocycles. The van der Waals surface area contributed by atoms with E-state index >= 15 is 0 Å². The Morgan fingerprint density at radius 1 is 0.706 bits per heavy atom. The SMILES string of the molecule is CC(C)[Si](Oc1ccc(-c2cc3ccc(OCc4ccccc4)cc3s2)cc1)(C(C)C)C(C)C. The first kappa shape index (κ1) is 24.6. The maximum absolute atomic E-state index is 6.84. The second-order valence-electron chi connectivity index (χ2n) is 10.0. The van der Waals surface area contributed by atoms with Crippen molar-refractivity contribution >= 4 is 29.7 Å². The molecule has 4 rings (SSSR count). The summed E-state index contributed by atoms with van der Waals surface area (Å²) in [5.41, 5.74) is 4.09. The average Bonchev–Trinajstić information content (AvgIpc) is 3.25. The van der Waals surface area contributed by atoms with Crippen LogP contribution < -0.4 is 9.16 Å². The van der Waals surface area contributed by atoms with E-state index in [0.29, 0.717) is 23.2 Å². The molecule has 0 spiro atoms.